The summed E-state index contributed by atoms with van der Waals surface area (Å²) in [4.78, 5) is 17.2. The smallest absolute Gasteiger partial charge is 0.225 e. The number of carbonyl (C=O) groups is 1. The molecule has 1 rings (SSSR count). The standard InChI is InChI=1S/C14H21NO3S/c1-5-7-10(15-18-8-6-2)12-11(16)9-14(3,4)19-13(12)17/h6,16H,2,5,7-9H2,1,3-4H3. The molecule has 1 aliphatic heterocycles. The van der Waals surface area contributed by atoms with Gasteiger partial charge in [0.05, 0.1) is 11.3 Å². The van der Waals surface area contributed by atoms with Gasteiger partial charge in [0.25, 0.3) is 0 Å². The van der Waals surface area contributed by atoms with E-state index in [4.69, 9.17) is 4.84 Å². The van der Waals surface area contributed by atoms with E-state index in [1.807, 2.05) is 20.8 Å². The van der Waals surface area contributed by atoms with Crippen LogP contribution in [0.1, 0.15) is 40.0 Å². The Hall–Kier alpha value is -1.23. The van der Waals surface area contributed by atoms with Crippen LogP contribution in [0.25, 0.3) is 0 Å². The molecule has 0 aromatic carbocycles. The van der Waals surface area contributed by atoms with Crippen LogP contribution < -0.4 is 0 Å². The first-order valence-corrected chi connectivity index (χ1v) is 7.18. The molecule has 0 fully saturated rings. The lowest BCUT2D eigenvalue weighted by Gasteiger charge is -2.28. The second-order valence-electron chi connectivity index (χ2n) is 5.02. The van der Waals surface area contributed by atoms with E-state index >= 15 is 0 Å². The maximum absolute atomic E-state index is 12.2. The normalized spacial score (nSPS) is 19.5. The van der Waals surface area contributed by atoms with Crippen molar-refractivity contribution >= 4 is 22.6 Å². The molecule has 0 saturated heterocycles. The number of allylic oxidation sites excluding steroid dienone is 1. The second kappa shape index (κ2) is 6.80. The van der Waals surface area contributed by atoms with Crippen molar-refractivity contribution in [1.82, 2.24) is 0 Å². The zero-order valence-corrected chi connectivity index (χ0v) is 12.5. The fourth-order valence-electron chi connectivity index (χ4n) is 1.85. The van der Waals surface area contributed by atoms with E-state index in [0.717, 1.165) is 6.42 Å². The molecule has 0 spiro atoms. The zero-order valence-electron chi connectivity index (χ0n) is 11.7. The summed E-state index contributed by atoms with van der Waals surface area (Å²) >= 11 is 1.24. The third-order valence-electron chi connectivity index (χ3n) is 2.60. The largest absolute Gasteiger partial charge is 0.511 e. The molecule has 0 amide bonds. The van der Waals surface area contributed by atoms with Crippen LogP contribution in [0.2, 0.25) is 0 Å². The van der Waals surface area contributed by atoms with Gasteiger partial charge in [-0.05, 0) is 20.3 Å². The summed E-state index contributed by atoms with van der Waals surface area (Å²) in [7, 11) is 0. The number of aliphatic hydroxyl groups excluding tert-OH is 1. The van der Waals surface area contributed by atoms with Crippen LogP contribution >= 0.6 is 11.8 Å². The van der Waals surface area contributed by atoms with E-state index in [-0.39, 0.29) is 22.2 Å². The number of rotatable bonds is 6. The van der Waals surface area contributed by atoms with Crippen LogP contribution in [-0.4, -0.2) is 27.3 Å². The molecule has 1 N–H and O–H groups in total. The molecule has 0 aliphatic carbocycles. The molecule has 0 atom stereocenters. The highest BCUT2D eigenvalue weighted by Gasteiger charge is 2.36. The van der Waals surface area contributed by atoms with Gasteiger partial charge >= 0.3 is 0 Å². The summed E-state index contributed by atoms with van der Waals surface area (Å²) in [5.41, 5.74) is 0.838. The SMILES string of the molecule is C=CCON=C(CCC)C1=C(O)CC(C)(C)SC1=O. The Bertz CT molecular complexity index is 424. The van der Waals surface area contributed by atoms with Gasteiger partial charge in [0.2, 0.25) is 5.12 Å². The minimum atomic E-state index is -0.274. The summed E-state index contributed by atoms with van der Waals surface area (Å²) in [6.45, 7) is 9.69. The van der Waals surface area contributed by atoms with Gasteiger partial charge in [-0.2, -0.15) is 0 Å². The van der Waals surface area contributed by atoms with Crippen molar-refractivity contribution in [3.63, 3.8) is 0 Å². The van der Waals surface area contributed by atoms with Gasteiger partial charge in [-0.3, -0.25) is 4.79 Å². The van der Waals surface area contributed by atoms with Gasteiger partial charge in [0.15, 0.2) is 0 Å². The highest BCUT2D eigenvalue weighted by atomic mass is 32.2. The van der Waals surface area contributed by atoms with Gasteiger partial charge in [-0.25, -0.2) is 0 Å². The number of carbonyl (C=O) groups excluding carboxylic acids is 1. The molecule has 5 heteroatoms. The molecule has 0 bridgehead atoms. The fourth-order valence-corrected chi connectivity index (χ4v) is 2.90. The average molecular weight is 283 g/mol. The maximum Gasteiger partial charge on any atom is 0.225 e. The Morgan fingerprint density at radius 2 is 2.32 bits per heavy atom. The molecular formula is C14H21NO3S. The maximum atomic E-state index is 12.2. The number of hydrogen-bond donors (Lipinski definition) is 1. The molecule has 1 aliphatic rings. The third-order valence-corrected chi connectivity index (χ3v) is 3.68. The van der Waals surface area contributed by atoms with Crippen molar-refractivity contribution in [2.75, 3.05) is 6.61 Å². The molecule has 106 valence electrons. The van der Waals surface area contributed by atoms with Crippen molar-refractivity contribution in [1.29, 1.82) is 0 Å². The van der Waals surface area contributed by atoms with Crippen LogP contribution in [0.15, 0.2) is 29.1 Å². The van der Waals surface area contributed by atoms with Crippen molar-refractivity contribution in [3.05, 3.63) is 24.0 Å². The second-order valence-corrected chi connectivity index (χ2v) is 6.70. The van der Waals surface area contributed by atoms with E-state index < -0.39 is 0 Å². The Kier molecular flexibility index (Phi) is 5.66. The van der Waals surface area contributed by atoms with Crippen LogP contribution in [0.5, 0.6) is 0 Å². The Morgan fingerprint density at radius 1 is 1.63 bits per heavy atom. The van der Waals surface area contributed by atoms with E-state index in [1.165, 1.54) is 11.8 Å². The minimum Gasteiger partial charge on any atom is -0.511 e. The summed E-state index contributed by atoms with van der Waals surface area (Å²) < 4.78 is -0.274. The highest BCUT2D eigenvalue weighted by Crippen LogP contribution is 2.39. The molecule has 4 nitrogen and oxygen atoms in total. The Morgan fingerprint density at radius 3 is 2.84 bits per heavy atom. The predicted octanol–water partition coefficient (Wildman–Crippen LogP) is 3.60. The van der Waals surface area contributed by atoms with Gasteiger partial charge < -0.3 is 9.94 Å². The molecule has 0 saturated carbocycles. The molecule has 0 radical (unpaired) electrons. The lowest BCUT2D eigenvalue weighted by molar-refractivity contribution is -0.107. The van der Waals surface area contributed by atoms with Crippen LogP contribution in [0, 0.1) is 0 Å². The molecule has 0 aromatic heterocycles. The van der Waals surface area contributed by atoms with E-state index in [2.05, 4.69) is 11.7 Å². The summed E-state index contributed by atoms with van der Waals surface area (Å²) in [5, 5.41) is 14.0. The zero-order chi connectivity index (χ0) is 14.5. The van der Waals surface area contributed by atoms with Gasteiger partial charge in [0.1, 0.15) is 12.4 Å². The highest BCUT2D eigenvalue weighted by molar-refractivity contribution is 8.15. The number of nitrogens with zero attached hydrogens (tertiary/aromatic N) is 1. The van der Waals surface area contributed by atoms with E-state index in [1.54, 1.807) is 6.08 Å². The third kappa shape index (κ3) is 4.42. The lowest BCUT2D eigenvalue weighted by Crippen LogP contribution is -2.28. The van der Waals surface area contributed by atoms with E-state index in [9.17, 15) is 9.90 Å². The summed E-state index contributed by atoms with van der Waals surface area (Å²) in [5.74, 6) is 0.114. The van der Waals surface area contributed by atoms with Crippen molar-refractivity contribution < 1.29 is 14.7 Å². The number of hydrogen-bond acceptors (Lipinski definition) is 5. The quantitative estimate of drug-likeness (QED) is 0.350. The first-order valence-electron chi connectivity index (χ1n) is 6.37. The predicted molar refractivity (Wildman–Crippen MR) is 79.4 cm³/mol. The molecule has 1 heterocycles. The van der Waals surface area contributed by atoms with E-state index in [0.29, 0.717) is 24.1 Å². The monoisotopic (exact) mass is 283 g/mol. The minimum absolute atomic E-state index is 0.114. The number of thioether (sulfide) groups is 1. The van der Waals surface area contributed by atoms with Gasteiger partial charge in [-0.1, -0.05) is 42.9 Å². The van der Waals surface area contributed by atoms with Gasteiger partial charge in [-0.15, -0.1) is 0 Å². The first kappa shape index (κ1) is 15.8. The Balaban J connectivity index is 3.03. The summed E-state index contributed by atoms with van der Waals surface area (Å²) in [6, 6.07) is 0. The topological polar surface area (TPSA) is 58.9 Å². The Labute approximate surface area is 118 Å². The lowest BCUT2D eigenvalue weighted by atomic mass is 9.99. The molecular weight excluding hydrogens is 262 g/mol. The first-order chi connectivity index (χ1) is 8.91. The van der Waals surface area contributed by atoms with Crippen molar-refractivity contribution in [2.45, 2.75) is 44.8 Å². The fraction of sp³-hybridized carbons (Fsp3) is 0.571. The van der Waals surface area contributed by atoms with Crippen molar-refractivity contribution in [3.8, 4) is 0 Å². The average Bonchev–Trinajstić information content (AvgIpc) is 2.26. The molecule has 0 aromatic rings. The molecule has 0 unspecified atom stereocenters. The number of oxime groups is 1. The summed E-state index contributed by atoms with van der Waals surface area (Å²) in [6.07, 6.45) is 3.47. The number of aliphatic hydroxyl groups is 1. The van der Waals surface area contributed by atoms with Gasteiger partial charge in [0, 0.05) is 11.2 Å². The van der Waals surface area contributed by atoms with Crippen LogP contribution in [-0.2, 0) is 9.63 Å². The van der Waals surface area contributed by atoms with Crippen LogP contribution in [0.3, 0.4) is 0 Å². The van der Waals surface area contributed by atoms with Crippen LogP contribution in [0.4, 0.5) is 0 Å². The molecule has 19 heavy (non-hydrogen) atoms. The van der Waals surface area contributed by atoms with Crippen molar-refractivity contribution in [2.24, 2.45) is 5.16 Å².